The molecule has 198 valence electrons. The second-order valence-electron chi connectivity index (χ2n) is 9.74. The predicted octanol–water partition coefficient (Wildman–Crippen LogP) is 4.40. The summed E-state index contributed by atoms with van der Waals surface area (Å²) in [4.78, 5) is 44.1. The molecular formula is C27H31Cl2FN4O3. The molecule has 7 nitrogen and oxygen atoms in total. The maximum absolute atomic E-state index is 13.7. The van der Waals surface area contributed by atoms with Gasteiger partial charge < -0.3 is 14.4 Å². The van der Waals surface area contributed by atoms with Crippen molar-refractivity contribution in [3.8, 4) is 0 Å². The summed E-state index contributed by atoms with van der Waals surface area (Å²) in [5, 5.41) is 0.807. The average molecular weight is 549 g/mol. The Balaban J connectivity index is 0.00000380. The Labute approximate surface area is 227 Å². The first-order chi connectivity index (χ1) is 17.0. The van der Waals surface area contributed by atoms with E-state index in [1.807, 2.05) is 6.92 Å². The molecule has 1 aliphatic heterocycles. The van der Waals surface area contributed by atoms with Gasteiger partial charge in [0.2, 0.25) is 0 Å². The van der Waals surface area contributed by atoms with Crippen LogP contribution in [0.25, 0.3) is 10.9 Å². The molecule has 4 rings (SSSR count). The third kappa shape index (κ3) is 5.66. The molecule has 1 aromatic heterocycles. The van der Waals surface area contributed by atoms with Crippen LogP contribution in [0.1, 0.15) is 40.1 Å². The summed E-state index contributed by atoms with van der Waals surface area (Å²) < 4.78 is 15.0. The van der Waals surface area contributed by atoms with E-state index in [1.165, 1.54) is 31.1 Å². The van der Waals surface area contributed by atoms with Gasteiger partial charge in [-0.2, -0.15) is 0 Å². The van der Waals surface area contributed by atoms with Gasteiger partial charge in [-0.1, -0.05) is 23.7 Å². The number of amides is 2. The third-order valence-corrected chi connectivity index (χ3v) is 7.14. The van der Waals surface area contributed by atoms with Crippen molar-refractivity contribution in [3.63, 3.8) is 0 Å². The van der Waals surface area contributed by atoms with E-state index in [2.05, 4.69) is 11.8 Å². The highest BCUT2D eigenvalue weighted by Crippen LogP contribution is 2.30. The van der Waals surface area contributed by atoms with Gasteiger partial charge >= 0.3 is 0 Å². The standard InChI is InChI=1S/C27H30ClFN4O3.ClH/c1-16-13-33(17(2)12-32(16)14-18-6-8-19(29)9-7-18)26(35)21-10-20-22(25(34)27(36)30(3)4)15-31(5)24(20)11-23(21)28;/h6-11,15-17H,12-14H2,1-5H3;1H/t16-,17+;/m0./s1. The number of carbonyl (C=O) groups is 3. The Bertz CT molecular complexity index is 1340. The third-order valence-electron chi connectivity index (χ3n) is 6.83. The summed E-state index contributed by atoms with van der Waals surface area (Å²) in [5.41, 5.74) is 2.21. The SMILES string of the molecule is C[C@@H]1CN(Cc2ccc(F)cc2)[C@@H](C)CN1C(=O)c1cc2c(C(=O)C(=O)N(C)C)cn(C)c2cc1Cl.Cl. The number of ketones is 1. The molecule has 1 saturated heterocycles. The van der Waals surface area contributed by atoms with Crippen LogP contribution in [0.15, 0.2) is 42.6 Å². The number of hydrogen-bond acceptors (Lipinski definition) is 4. The Kier molecular flexibility index (Phi) is 8.67. The van der Waals surface area contributed by atoms with Crippen molar-refractivity contribution in [3.05, 3.63) is 70.1 Å². The Morgan fingerprint density at radius 1 is 1.03 bits per heavy atom. The van der Waals surface area contributed by atoms with Crippen LogP contribution >= 0.6 is 24.0 Å². The highest BCUT2D eigenvalue weighted by Gasteiger charge is 2.34. The zero-order valence-electron chi connectivity index (χ0n) is 21.5. The van der Waals surface area contributed by atoms with Crippen LogP contribution in [0.3, 0.4) is 0 Å². The van der Waals surface area contributed by atoms with E-state index in [0.717, 1.165) is 5.56 Å². The van der Waals surface area contributed by atoms with Crippen LogP contribution in [-0.2, 0) is 18.4 Å². The number of likely N-dealkylation sites (N-methyl/N-ethyl adjacent to an activating group) is 1. The largest absolute Gasteiger partial charge is 0.350 e. The van der Waals surface area contributed by atoms with Crippen molar-refractivity contribution in [2.24, 2.45) is 7.05 Å². The molecule has 2 amide bonds. The number of fused-ring (bicyclic) bond motifs is 1. The van der Waals surface area contributed by atoms with Gasteiger partial charge in [0.25, 0.3) is 17.6 Å². The zero-order chi connectivity index (χ0) is 26.3. The van der Waals surface area contributed by atoms with Crippen LogP contribution in [0.5, 0.6) is 0 Å². The predicted molar refractivity (Wildman–Crippen MR) is 145 cm³/mol. The first-order valence-corrected chi connectivity index (χ1v) is 12.2. The number of aromatic nitrogens is 1. The number of benzene rings is 2. The molecule has 0 bridgehead atoms. The topological polar surface area (TPSA) is 65.9 Å². The number of carbonyl (C=O) groups excluding carboxylic acids is 3. The summed E-state index contributed by atoms with van der Waals surface area (Å²) in [6.45, 7) is 5.85. The molecule has 2 aromatic carbocycles. The summed E-state index contributed by atoms with van der Waals surface area (Å²) in [6.07, 6.45) is 1.60. The second-order valence-corrected chi connectivity index (χ2v) is 10.2. The molecule has 0 spiro atoms. The lowest BCUT2D eigenvalue weighted by Gasteiger charge is -2.44. The van der Waals surface area contributed by atoms with Crippen molar-refractivity contribution in [2.75, 3.05) is 27.2 Å². The van der Waals surface area contributed by atoms with Crippen molar-refractivity contribution in [1.82, 2.24) is 19.3 Å². The molecule has 3 aromatic rings. The molecule has 2 heterocycles. The number of nitrogens with zero attached hydrogens (tertiary/aromatic N) is 4. The molecule has 10 heteroatoms. The maximum atomic E-state index is 13.7. The molecule has 0 aliphatic carbocycles. The lowest BCUT2D eigenvalue weighted by atomic mass is 10.0. The molecule has 2 atom stereocenters. The molecule has 1 fully saturated rings. The van der Waals surface area contributed by atoms with Gasteiger partial charge in [-0.15, -0.1) is 12.4 Å². The second kappa shape index (κ2) is 11.2. The molecular weight excluding hydrogens is 518 g/mol. The highest BCUT2D eigenvalue weighted by atomic mass is 35.5. The van der Waals surface area contributed by atoms with Crippen LogP contribution in [0, 0.1) is 5.82 Å². The number of hydrogen-bond donors (Lipinski definition) is 0. The first-order valence-electron chi connectivity index (χ1n) is 11.8. The van der Waals surface area contributed by atoms with Gasteiger partial charge in [-0.3, -0.25) is 19.3 Å². The van der Waals surface area contributed by atoms with Crippen LogP contribution in [-0.4, -0.2) is 76.1 Å². The molecule has 0 unspecified atom stereocenters. The summed E-state index contributed by atoms with van der Waals surface area (Å²) in [5.74, 6) is -1.75. The van der Waals surface area contributed by atoms with E-state index in [4.69, 9.17) is 11.6 Å². The zero-order valence-corrected chi connectivity index (χ0v) is 23.1. The Morgan fingerprint density at radius 2 is 1.68 bits per heavy atom. The molecule has 0 N–H and O–H groups in total. The molecule has 0 radical (unpaired) electrons. The number of piperazine rings is 1. The number of halogens is 3. The Morgan fingerprint density at radius 3 is 2.30 bits per heavy atom. The summed E-state index contributed by atoms with van der Waals surface area (Å²) in [6, 6.07) is 9.74. The van der Waals surface area contributed by atoms with Gasteiger partial charge in [0.05, 0.1) is 21.7 Å². The minimum Gasteiger partial charge on any atom is -0.350 e. The average Bonchev–Trinajstić information content (AvgIpc) is 3.15. The fourth-order valence-corrected chi connectivity index (χ4v) is 4.99. The quantitative estimate of drug-likeness (QED) is 0.350. The van der Waals surface area contributed by atoms with Gasteiger partial charge in [-0.05, 0) is 43.7 Å². The molecule has 37 heavy (non-hydrogen) atoms. The molecule has 0 saturated carbocycles. The minimum absolute atomic E-state index is 0. The smallest absolute Gasteiger partial charge is 0.294 e. The van der Waals surface area contributed by atoms with Gasteiger partial charge in [-0.25, -0.2) is 4.39 Å². The number of Topliss-reactive ketones (excluding diaryl/α,β-unsaturated/α-hetero) is 1. The summed E-state index contributed by atoms with van der Waals surface area (Å²) in [7, 11) is 4.81. The van der Waals surface area contributed by atoms with Crippen LogP contribution < -0.4 is 0 Å². The van der Waals surface area contributed by atoms with Crippen LogP contribution in [0.2, 0.25) is 5.02 Å². The van der Waals surface area contributed by atoms with E-state index in [0.29, 0.717) is 41.1 Å². The lowest BCUT2D eigenvalue weighted by molar-refractivity contribution is -0.124. The van der Waals surface area contributed by atoms with E-state index in [-0.39, 0.29) is 41.8 Å². The number of rotatable bonds is 5. The minimum atomic E-state index is -0.636. The lowest BCUT2D eigenvalue weighted by Crippen LogP contribution is -2.57. The highest BCUT2D eigenvalue weighted by molar-refractivity contribution is 6.45. The first kappa shape index (κ1) is 28.6. The van der Waals surface area contributed by atoms with E-state index in [9.17, 15) is 18.8 Å². The Hall–Kier alpha value is -2.94. The fourth-order valence-electron chi connectivity index (χ4n) is 4.75. The van der Waals surface area contributed by atoms with E-state index in [1.54, 1.807) is 47.0 Å². The van der Waals surface area contributed by atoms with Crippen LogP contribution in [0.4, 0.5) is 4.39 Å². The molecule has 1 aliphatic rings. The maximum Gasteiger partial charge on any atom is 0.294 e. The van der Waals surface area contributed by atoms with Crippen molar-refractivity contribution >= 4 is 52.5 Å². The summed E-state index contributed by atoms with van der Waals surface area (Å²) >= 11 is 6.56. The van der Waals surface area contributed by atoms with Crippen molar-refractivity contribution in [2.45, 2.75) is 32.5 Å². The monoisotopic (exact) mass is 548 g/mol. The van der Waals surface area contributed by atoms with Gasteiger partial charge in [0.1, 0.15) is 5.82 Å². The van der Waals surface area contributed by atoms with Gasteiger partial charge in [0.15, 0.2) is 0 Å². The number of aryl methyl sites for hydroxylation is 1. The van der Waals surface area contributed by atoms with Crippen molar-refractivity contribution < 1.29 is 18.8 Å². The van der Waals surface area contributed by atoms with Crippen molar-refractivity contribution in [1.29, 1.82) is 0 Å². The fraction of sp³-hybridized carbons (Fsp3) is 0.370. The van der Waals surface area contributed by atoms with Gasteiger partial charge in [0, 0.05) is 64.4 Å². The van der Waals surface area contributed by atoms with E-state index < -0.39 is 11.7 Å². The van der Waals surface area contributed by atoms with E-state index >= 15 is 0 Å². The normalized spacial score (nSPS) is 18.0.